The average molecular weight is 362 g/mol. The fourth-order valence-electron chi connectivity index (χ4n) is 8.14. The molecule has 3 fully saturated rings. The van der Waals surface area contributed by atoms with Crippen molar-refractivity contribution in [2.75, 3.05) is 0 Å². The summed E-state index contributed by atoms with van der Waals surface area (Å²) in [6.07, 6.45) is 14.7. The fraction of sp³-hybridized carbons (Fsp3) is 0.680. The number of Topliss-reactive ketones (excluding diaryl/α,β-unsaturated/α-hetero) is 1. The van der Waals surface area contributed by atoms with Crippen LogP contribution in [0, 0.1) is 45.3 Å². The Kier molecular flexibility index (Phi) is 3.54. The van der Waals surface area contributed by atoms with E-state index >= 15 is 0 Å². The van der Waals surface area contributed by atoms with Gasteiger partial charge in [-0.15, -0.1) is 0 Å². The van der Waals surface area contributed by atoms with Gasteiger partial charge in [-0.2, -0.15) is 5.26 Å². The quantitative estimate of drug-likeness (QED) is 0.503. The predicted molar refractivity (Wildman–Crippen MR) is 107 cm³/mol. The van der Waals surface area contributed by atoms with Gasteiger partial charge in [-0.05, 0) is 68.1 Å². The molecule has 2 nitrogen and oxygen atoms in total. The Morgan fingerprint density at radius 2 is 1.89 bits per heavy atom. The van der Waals surface area contributed by atoms with Gasteiger partial charge >= 0.3 is 0 Å². The molecule has 0 radical (unpaired) electrons. The predicted octanol–water partition coefficient (Wildman–Crippen LogP) is 5.91. The van der Waals surface area contributed by atoms with Crippen LogP contribution in [-0.2, 0) is 4.79 Å². The fourth-order valence-corrected chi connectivity index (χ4v) is 8.14. The van der Waals surface area contributed by atoms with E-state index in [0.717, 1.165) is 38.0 Å². The number of nitriles is 1. The first-order chi connectivity index (χ1) is 12.9. The third-order valence-electron chi connectivity index (χ3n) is 9.55. The van der Waals surface area contributed by atoms with Gasteiger partial charge in [0, 0.05) is 5.41 Å². The van der Waals surface area contributed by atoms with Gasteiger partial charge in [-0.25, -0.2) is 0 Å². The molecule has 5 aliphatic rings. The summed E-state index contributed by atoms with van der Waals surface area (Å²) in [6, 6.07) is 2.29. The number of carbonyl (C=O) groups is 1. The first-order valence-corrected chi connectivity index (χ1v) is 10.9. The van der Waals surface area contributed by atoms with Crippen LogP contribution in [0.4, 0.5) is 0 Å². The van der Waals surface area contributed by atoms with Crippen molar-refractivity contribution in [3.63, 3.8) is 0 Å². The molecule has 0 aromatic heterocycles. The zero-order valence-electron chi connectivity index (χ0n) is 16.8. The van der Waals surface area contributed by atoms with Crippen molar-refractivity contribution in [1.82, 2.24) is 0 Å². The van der Waals surface area contributed by atoms with Crippen molar-refractivity contribution < 1.29 is 4.79 Å². The molecule has 2 heteroatoms. The van der Waals surface area contributed by atoms with Crippen LogP contribution in [-0.4, -0.2) is 5.78 Å². The van der Waals surface area contributed by atoms with Gasteiger partial charge in [0.1, 0.15) is 6.07 Å². The van der Waals surface area contributed by atoms with E-state index in [-0.39, 0.29) is 16.6 Å². The van der Waals surface area contributed by atoms with Gasteiger partial charge in [0.25, 0.3) is 0 Å². The highest BCUT2D eigenvalue weighted by atomic mass is 16.1. The molecule has 0 N–H and O–H groups in total. The van der Waals surface area contributed by atoms with Crippen LogP contribution in [0.1, 0.15) is 71.6 Å². The third kappa shape index (κ3) is 1.99. The Bertz CT molecular complexity index is 833. The average Bonchev–Trinajstić information content (AvgIpc) is 3.25. The number of hydrogen-bond acceptors (Lipinski definition) is 2. The molecule has 0 bridgehead atoms. The summed E-state index contributed by atoms with van der Waals surface area (Å²) in [5.74, 6) is 2.07. The topological polar surface area (TPSA) is 40.9 Å². The first-order valence-electron chi connectivity index (χ1n) is 10.9. The monoisotopic (exact) mass is 361 g/mol. The van der Waals surface area contributed by atoms with Crippen molar-refractivity contribution in [2.45, 2.75) is 71.6 Å². The molecule has 0 aromatic carbocycles. The summed E-state index contributed by atoms with van der Waals surface area (Å²) in [4.78, 5) is 13.3. The van der Waals surface area contributed by atoms with Crippen LogP contribution in [0.25, 0.3) is 0 Å². The third-order valence-corrected chi connectivity index (χ3v) is 9.55. The van der Waals surface area contributed by atoms with E-state index in [2.05, 4.69) is 38.6 Å². The smallest absolute Gasteiger partial charge is 0.183 e. The van der Waals surface area contributed by atoms with Gasteiger partial charge in [-0.3, -0.25) is 4.79 Å². The zero-order valence-corrected chi connectivity index (χ0v) is 16.8. The normalized spacial score (nSPS) is 44.9. The van der Waals surface area contributed by atoms with E-state index < -0.39 is 0 Å². The second-order valence-electron chi connectivity index (χ2n) is 10.4. The minimum Gasteiger partial charge on any atom is -0.292 e. The lowest BCUT2D eigenvalue weighted by Crippen LogP contribution is -2.52. The van der Waals surface area contributed by atoms with Gasteiger partial charge < -0.3 is 0 Å². The van der Waals surface area contributed by atoms with E-state index in [1.54, 1.807) is 0 Å². The maximum Gasteiger partial charge on any atom is 0.183 e. The maximum atomic E-state index is 13.3. The Hall–Kier alpha value is -1.62. The molecule has 0 aromatic rings. The van der Waals surface area contributed by atoms with Gasteiger partial charge in [0.15, 0.2) is 5.78 Å². The molecule has 5 atom stereocenters. The van der Waals surface area contributed by atoms with Crippen molar-refractivity contribution in [3.05, 3.63) is 35.5 Å². The summed E-state index contributed by atoms with van der Waals surface area (Å²) in [5, 5.41) is 9.76. The molecule has 0 unspecified atom stereocenters. The summed E-state index contributed by atoms with van der Waals surface area (Å²) in [6.45, 7) is 9.23. The second kappa shape index (κ2) is 5.47. The number of rotatable bonds is 0. The minimum absolute atomic E-state index is 0.114. The van der Waals surface area contributed by atoms with Crippen molar-refractivity contribution >= 4 is 5.78 Å². The highest BCUT2D eigenvalue weighted by Gasteiger charge is 2.61. The molecule has 3 saturated carbocycles. The Labute approximate surface area is 163 Å². The molecule has 0 aliphatic heterocycles. The maximum absolute atomic E-state index is 13.3. The Morgan fingerprint density at radius 3 is 2.59 bits per heavy atom. The summed E-state index contributed by atoms with van der Waals surface area (Å²) in [7, 11) is 0. The van der Waals surface area contributed by atoms with Crippen molar-refractivity contribution in [1.29, 1.82) is 5.26 Å². The number of fused-ring (bicyclic) bond motifs is 6. The number of nitrogens with zero attached hydrogens (tertiary/aromatic N) is 1. The lowest BCUT2D eigenvalue weighted by molar-refractivity contribution is -0.124. The number of allylic oxidation sites excluding steroid dienone is 5. The molecule has 0 saturated heterocycles. The Balaban J connectivity index is 1.65. The van der Waals surface area contributed by atoms with E-state index in [9.17, 15) is 10.1 Å². The standard InChI is InChI=1S/C25H31NO/c1-16-6-8-19-18-7-9-21-24(3,20(18)10-13-23(16,19)2)14-17(15-26)22(27)25(21)11-4-5-12-25/h9,14,18-20H,1,4-8,10-13H2,2-3H3/t18-,19-,20-,23+,24+/m0/s1. The first kappa shape index (κ1) is 17.5. The van der Waals surface area contributed by atoms with E-state index in [0.29, 0.717) is 22.8 Å². The van der Waals surface area contributed by atoms with Crippen LogP contribution >= 0.6 is 0 Å². The molecule has 142 valence electrons. The van der Waals surface area contributed by atoms with Gasteiger partial charge in [0.05, 0.1) is 11.0 Å². The van der Waals surface area contributed by atoms with E-state index in [1.165, 1.54) is 36.8 Å². The summed E-state index contributed by atoms with van der Waals surface area (Å²) < 4.78 is 0. The molecular weight excluding hydrogens is 330 g/mol. The highest BCUT2D eigenvalue weighted by Crippen LogP contribution is 2.68. The molecule has 1 spiro atoms. The molecule has 0 amide bonds. The molecular formula is C25H31NO. The van der Waals surface area contributed by atoms with E-state index in [4.69, 9.17) is 0 Å². The molecule has 0 heterocycles. The number of hydrogen-bond donors (Lipinski definition) is 0. The highest BCUT2D eigenvalue weighted by molar-refractivity contribution is 6.07. The SMILES string of the molecule is C=C1CC[C@H]2[C@@H]3CC=C4C5(CCCC5)C(=O)C(C#N)=C[C@]4(C)[C@H]3CC[C@]12C. The van der Waals surface area contributed by atoms with Crippen LogP contribution in [0.5, 0.6) is 0 Å². The lowest BCUT2D eigenvalue weighted by atomic mass is 9.45. The molecule has 5 rings (SSSR count). The lowest BCUT2D eigenvalue weighted by Gasteiger charge is -2.58. The summed E-state index contributed by atoms with van der Waals surface area (Å²) in [5.41, 5.74) is 3.13. The number of ketones is 1. The van der Waals surface area contributed by atoms with Crippen LogP contribution in [0.15, 0.2) is 35.5 Å². The van der Waals surface area contributed by atoms with Gasteiger partial charge in [-0.1, -0.05) is 56.6 Å². The van der Waals surface area contributed by atoms with Crippen LogP contribution in [0.3, 0.4) is 0 Å². The van der Waals surface area contributed by atoms with Crippen LogP contribution in [0.2, 0.25) is 0 Å². The minimum atomic E-state index is -0.362. The van der Waals surface area contributed by atoms with Crippen LogP contribution < -0.4 is 0 Å². The van der Waals surface area contributed by atoms with Crippen molar-refractivity contribution in [3.8, 4) is 6.07 Å². The second-order valence-corrected chi connectivity index (χ2v) is 10.4. The molecule has 27 heavy (non-hydrogen) atoms. The Morgan fingerprint density at radius 1 is 1.15 bits per heavy atom. The van der Waals surface area contributed by atoms with Crippen molar-refractivity contribution in [2.24, 2.45) is 34.0 Å². The van der Waals surface area contributed by atoms with Gasteiger partial charge in [0.2, 0.25) is 0 Å². The molecule has 5 aliphatic carbocycles. The zero-order chi connectivity index (χ0) is 19.0. The number of carbonyl (C=O) groups excluding carboxylic acids is 1. The summed E-state index contributed by atoms with van der Waals surface area (Å²) >= 11 is 0. The van der Waals surface area contributed by atoms with E-state index in [1.807, 2.05) is 0 Å². The largest absolute Gasteiger partial charge is 0.292 e.